The summed E-state index contributed by atoms with van der Waals surface area (Å²) >= 11 is 0. The van der Waals surface area contributed by atoms with Gasteiger partial charge in [0.15, 0.2) is 0 Å². The van der Waals surface area contributed by atoms with E-state index < -0.39 is 16.1 Å². The van der Waals surface area contributed by atoms with Crippen LogP contribution in [0, 0.1) is 0 Å². The molecule has 0 spiro atoms. The molecule has 0 aromatic carbocycles. The van der Waals surface area contributed by atoms with E-state index >= 15 is 0 Å². The highest BCUT2D eigenvalue weighted by molar-refractivity contribution is 7.89. The fraction of sp³-hybridized carbons (Fsp3) is 0.909. The van der Waals surface area contributed by atoms with Gasteiger partial charge in [-0.3, -0.25) is 4.79 Å². The van der Waals surface area contributed by atoms with E-state index in [1.807, 2.05) is 6.92 Å². The number of nitrogens with one attached hydrogen (secondary N) is 1. The lowest BCUT2D eigenvalue weighted by molar-refractivity contribution is -0.132. The Kier molecular flexibility index (Phi) is 8.13. The smallest absolute Gasteiger partial charge is 0.240 e. The van der Waals surface area contributed by atoms with Gasteiger partial charge in [0.05, 0.1) is 11.8 Å². The summed E-state index contributed by atoms with van der Waals surface area (Å²) in [5.74, 6) is -0.237. The highest BCUT2D eigenvalue weighted by Crippen LogP contribution is 2.00. The van der Waals surface area contributed by atoms with Crippen molar-refractivity contribution in [3.63, 3.8) is 0 Å². The number of aliphatic hydroxyl groups excluding tert-OH is 1. The molecule has 1 amide bonds. The second-order valence-electron chi connectivity index (χ2n) is 4.15. The lowest BCUT2D eigenvalue weighted by Crippen LogP contribution is -2.47. The minimum absolute atomic E-state index is 0.0136. The van der Waals surface area contributed by atoms with Gasteiger partial charge in [-0.25, -0.2) is 13.1 Å². The number of amides is 1. The van der Waals surface area contributed by atoms with E-state index in [0.717, 1.165) is 0 Å². The van der Waals surface area contributed by atoms with Gasteiger partial charge in [0.25, 0.3) is 0 Å². The van der Waals surface area contributed by atoms with Crippen LogP contribution in [0.3, 0.4) is 0 Å². The Labute approximate surface area is 109 Å². The summed E-state index contributed by atoms with van der Waals surface area (Å²) in [6.07, 6.45) is 1.01. The Morgan fingerprint density at radius 3 is 2.44 bits per heavy atom. The Hall–Kier alpha value is -0.660. The summed E-state index contributed by atoms with van der Waals surface area (Å²) in [6, 6.07) is -0.764. The molecular formula is C11H24N2O4S. The highest BCUT2D eigenvalue weighted by atomic mass is 32.2. The lowest BCUT2D eigenvalue weighted by atomic mass is 10.3. The molecule has 1 unspecified atom stereocenters. The Bertz CT molecular complexity index is 343. The van der Waals surface area contributed by atoms with Crippen LogP contribution in [0.5, 0.6) is 0 Å². The Morgan fingerprint density at radius 1 is 1.39 bits per heavy atom. The molecule has 18 heavy (non-hydrogen) atoms. The Morgan fingerprint density at radius 2 is 2.00 bits per heavy atom. The van der Waals surface area contributed by atoms with Crippen LogP contribution in [0.4, 0.5) is 0 Å². The maximum atomic E-state index is 12.0. The average Bonchev–Trinajstić information content (AvgIpc) is 2.28. The van der Waals surface area contributed by atoms with E-state index in [0.29, 0.717) is 25.9 Å². The maximum absolute atomic E-state index is 12.0. The summed E-state index contributed by atoms with van der Waals surface area (Å²) in [5, 5.41) is 8.74. The molecule has 0 saturated heterocycles. The molecule has 0 aliphatic heterocycles. The zero-order valence-corrected chi connectivity index (χ0v) is 12.2. The lowest BCUT2D eigenvalue weighted by Gasteiger charge is -2.24. The van der Waals surface area contributed by atoms with Crippen molar-refractivity contribution in [2.24, 2.45) is 0 Å². The first kappa shape index (κ1) is 17.3. The van der Waals surface area contributed by atoms with Gasteiger partial charge in [-0.15, -0.1) is 0 Å². The van der Waals surface area contributed by atoms with Crippen molar-refractivity contribution in [3.05, 3.63) is 0 Å². The molecule has 0 heterocycles. The molecule has 0 fully saturated rings. The minimum Gasteiger partial charge on any atom is -0.396 e. The molecule has 0 aliphatic carbocycles. The van der Waals surface area contributed by atoms with Gasteiger partial charge in [0, 0.05) is 19.7 Å². The van der Waals surface area contributed by atoms with E-state index in [-0.39, 0.29) is 18.3 Å². The zero-order chi connectivity index (χ0) is 14.2. The molecule has 2 N–H and O–H groups in total. The first-order chi connectivity index (χ1) is 8.37. The Balaban J connectivity index is 4.47. The number of hydrogen-bond donors (Lipinski definition) is 2. The van der Waals surface area contributed by atoms with E-state index in [1.54, 1.807) is 6.92 Å². The van der Waals surface area contributed by atoms with E-state index in [4.69, 9.17) is 5.11 Å². The van der Waals surface area contributed by atoms with Crippen molar-refractivity contribution in [2.45, 2.75) is 39.7 Å². The molecule has 6 nitrogen and oxygen atoms in total. The van der Waals surface area contributed by atoms with Gasteiger partial charge < -0.3 is 10.0 Å². The number of aliphatic hydroxyl groups is 1. The summed E-state index contributed by atoms with van der Waals surface area (Å²) in [6.45, 7) is 6.08. The van der Waals surface area contributed by atoms with Crippen LogP contribution < -0.4 is 4.72 Å². The number of rotatable bonds is 9. The third-order valence-electron chi connectivity index (χ3n) is 2.48. The van der Waals surface area contributed by atoms with Crippen LogP contribution in [0.2, 0.25) is 0 Å². The van der Waals surface area contributed by atoms with Crippen LogP contribution in [-0.2, 0) is 14.8 Å². The third-order valence-corrected chi connectivity index (χ3v) is 4.14. The molecule has 0 radical (unpaired) electrons. The zero-order valence-electron chi connectivity index (χ0n) is 11.3. The van der Waals surface area contributed by atoms with Gasteiger partial charge in [-0.2, -0.15) is 0 Å². The largest absolute Gasteiger partial charge is 0.396 e. The molecule has 7 heteroatoms. The van der Waals surface area contributed by atoms with Crippen molar-refractivity contribution in [1.82, 2.24) is 9.62 Å². The van der Waals surface area contributed by atoms with Gasteiger partial charge in [-0.1, -0.05) is 6.92 Å². The molecule has 0 saturated carbocycles. The summed E-state index contributed by atoms with van der Waals surface area (Å²) < 4.78 is 25.5. The van der Waals surface area contributed by atoms with Crippen LogP contribution in [0.15, 0.2) is 0 Å². The summed E-state index contributed by atoms with van der Waals surface area (Å²) in [7, 11) is -3.39. The second-order valence-corrected chi connectivity index (χ2v) is 6.03. The second kappa shape index (κ2) is 8.44. The van der Waals surface area contributed by atoms with E-state index in [1.165, 1.54) is 11.8 Å². The molecule has 0 aliphatic rings. The van der Waals surface area contributed by atoms with Crippen molar-refractivity contribution >= 4 is 15.9 Å². The van der Waals surface area contributed by atoms with Crippen molar-refractivity contribution in [1.29, 1.82) is 0 Å². The monoisotopic (exact) mass is 280 g/mol. The van der Waals surface area contributed by atoms with Crippen LogP contribution in [0.25, 0.3) is 0 Å². The molecule has 0 aromatic heterocycles. The number of sulfonamides is 1. The number of carbonyl (C=O) groups excluding carboxylic acids is 1. The van der Waals surface area contributed by atoms with Crippen molar-refractivity contribution in [2.75, 3.05) is 25.4 Å². The van der Waals surface area contributed by atoms with Crippen molar-refractivity contribution in [3.8, 4) is 0 Å². The third kappa shape index (κ3) is 6.32. The van der Waals surface area contributed by atoms with Gasteiger partial charge in [0.1, 0.15) is 0 Å². The molecule has 0 aromatic rings. The van der Waals surface area contributed by atoms with Gasteiger partial charge in [-0.05, 0) is 26.7 Å². The number of nitrogens with zero attached hydrogens (tertiary/aromatic N) is 1. The normalized spacial score (nSPS) is 13.3. The minimum atomic E-state index is -3.39. The highest BCUT2D eigenvalue weighted by Gasteiger charge is 2.23. The first-order valence-electron chi connectivity index (χ1n) is 6.27. The van der Waals surface area contributed by atoms with E-state index in [2.05, 4.69) is 4.72 Å². The van der Waals surface area contributed by atoms with Crippen molar-refractivity contribution < 1.29 is 18.3 Å². The molecule has 0 bridgehead atoms. The molecular weight excluding hydrogens is 256 g/mol. The van der Waals surface area contributed by atoms with E-state index in [9.17, 15) is 13.2 Å². The predicted molar refractivity (Wildman–Crippen MR) is 70.6 cm³/mol. The topological polar surface area (TPSA) is 86.7 Å². The van der Waals surface area contributed by atoms with Crippen LogP contribution in [-0.4, -0.2) is 55.8 Å². The fourth-order valence-electron chi connectivity index (χ4n) is 1.61. The van der Waals surface area contributed by atoms with Crippen LogP contribution in [0.1, 0.15) is 33.6 Å². The summed E-state index contributed by atoms with van der Waals surface area (Å²) in [4.78, 5) is 13.5. The number of hydrogen-bond acceptors (Lipinski definition) is 4. The fourth-order valence-corrected chi connectivity index (χ4v) is 2.90. The maximum Gasteiger partial charge on any atom is 0.240 e. The number of carbonyl (C=O) groups is 1. The average molecular weight is 280 g/mol. The standard InChI is InChI=1S/C11H24N2O4S/c1-4-9-18(16,17)12-10(3)11(15)13(5-2)7-6-8-14/h10,12,14H,4-9H2,1-3H3. The number of likely N-dealkylation sites (N-methyl/N-ethyl adjacent to an activating group) is 1. The van der Waals surface area contributed by atoms with Gasteiger partial charge in [0.2, 0.25) is 15.9 Å². The molecule has 0 rings (SSSR count). The first-order valence-corrected chi connectivity index (χ1v) is 7.92. The molecule has 1 atom stereocenters. The SMILES string of the molecule is CCCS(=O)(=O)NC(C)C(=O)N(CC)CCCO. The predicted octanol–water partition coefficient (Wildman–Crippen LogP) is -0.0648. The summed E-state index contributed by atoms with van der Waals surface area (Å²) in [5.41, 5.74) is 0. The quantitative estimate of drug-likeness (QED) is 0.619. The molecule has 108 valence electrons. The van der Waals surface area contributed by atoms with Crippen LogP contribution >= 0.6 is 0 Å². The van der Waals surface area contributed by atoms with Gasteiger partial charge >= 0.3 is 0 Å².